The van der Waals surface area contributed by atoms with Gasteiger partial charge in [0.05, 0.1) is 19.2 Å². The molecule has 1 aromatic heterocycles. The molecule has 0 fully saturated rings. The molecule has 8 heteroatoms. The lowest BCUT2D eigenvalue weighted by atomic mass is 10.3. The molecule has 0 aliphatic rings. The Hall–Kier alpha value is -1.67. The summed E-state index contributed by atoms with van der Waals surface area (Å²) in [4.78, 5) is 11.4. The Balaban J connectivity index is 2.30. The fraction of sp³-hybridized carbons (Fsp3) is 0.700. The number of carbonyl (C=O) groups is 1. The third-order valence-corrected chi connectivity index (χ3v) is 2.27. The maximum Gasteiger partial charge on any atom is 0.315 e. The van der Waals surface area contributed by atoms with E-state index in [-0.39, 0.29) is 24.5 Å². The van der Waals surface area contributed by atoms with E-state index in [1.165, 1.54) is 0 Å². The average molecular weight is 257 g/mol. The topological polar surface area (TPSA) is 101 Å². The molecule has 1 heterocycles. The Morgan fingerprint density at radius 1 is 1.50 bits per heavy atom. The molecule has 1 unspecified atom stereocenters. The minimum absolute atomic E-state index is 0.0245. The quantitative estimate of drug-likeness (QED) is 0.541. The predicted octanol–water partition coefficient (Wildman–Crippen LogP) is -0.475. The van der Waals surface area contributed by atoms with Crippen LogP contribution in [-0.4, -0.2) is 50.0 Å². The van der Waals surface area contributed by atoms with Crippen LogP contribution in [0.5, 0.6) is 0 Å². The van der Waals surface area contributed by atoms with E-state index in [4.69, 9.17) is 9.15 Å². The molecule has 0 saturated heterocycles. The standard InChI is InChI=1S/C10H19N5O3/c1-7(11-2)9-14-15-10(18-9)13-6-8(16)12-4-5-17-3/h7,11H,4-6H2,1-3H3,(H,12,16)(H,13,15). The second-order valence-corrected chi connectivity index (χ2v) is 3.65. The van der Waals surface area contributed by atoms with Gasteiger partial charge in [-0.05, 0) is 14.0 Å². The van der Waals surface area contributed by atoms with Crippen LogP contribution in [0.3, 0.4) is 0 Å². The monoisotopic (exact) mass is 257 g/mol. The van der Waals surface area contributed by atoms with Gasteiger partial charge in [0.15, 0.2) is 0 Å². The number of carbonyl (C=O) groups excluding carboxylic acids is 1. The molecule has 0 saturated carbocycles. The molecule has 8 nitrogen and oxygen atoms in total. The highest BCUT2D eigenvalue weighted by molar-refractivity contribution is 5.79. The van der Waals surface area contributed by atoms with Gasteiger partial charge < -0.3 is 25.1 Å². The molecular weight excluding hydrogens is 238 g/mol. The van der Waals surface area contributed by atoms with Gasteiger partial charge in [0.1, 0.15) is 0 Å². The average Bonchev–Trinajstić information content (AvgIpc) is 2.84. The van der Waals surface area contributed by atoms with Crippen LogP contribution in [0.2, 0.25) is 0 Å². The maximum atomic E-state index is 11.4. The zero-order valence-electron chi connectivity index (χ0n) is 10.8. The van der Waals surface area contributed by atoms with Gasteiger partial charge >= 0.3 is 6.01 Å². The van der Waals surface area contributed by atoms with Crippen LogP contribution in [0.15, 0.2) is 4.42 Å². The van der Waals surface area contributed by atoms with Crippen molar-refractivity contribution < 1.29 is 13.9 Å². The molecule has 1 aromatic rings. The number of methoxy groups -OCH3 is 1. The largest absolute Gasteiger partial charge is 0.406 e. The van der Waals surface area contributed by atoms with E-state index < -0.39 is 0 Å². The number of anilines is 1. The molecule has 1 amide bonds. The maximum absolute atomic E-state index is 11.4. The Morgan fingerprint density at radius 3 is 2.94 bits per heavy atom. The van der Waals surface area contributed by atoms with Gasteiger partial charge in [-0.1, -0.05) is 5.10 Å². The molecule has 18 heavy (non-hydrogen) atoms. The van der Waals surface area contributed by atoms with Gasteiger partial charge in [0, 0.05) is 13.7 Å². The Bertz CT molecular complexity index is 368. The minimum atomic E-state index is -0.159. The zero-order chi connectivity index (χ0) is 13.4. The highest BCUT2D eigenvalue weighted by Gasteiger charge is 2.12. The molecule has 0 bridgehead atoms. The summed E-state index contributed by atoms with van der Waals surface area (Å²) in [5, 5.41) is 16.0. The smallest absolute Gasteiger partial charge is 0.315 e. The van der Waals surface area contributed by atoms with Crippen molar-refractivity contribution >= 4 is 11.9 Å². The van der Waals surface area contributed by atoms with Crippen LogP contribution < -0.4 is 16.0 Å². The van der Waals surface area contributed by atoms with E-state index in [0.29, 0.717) is 19.0 Å². The Kier molecular flexibility index (Phi) is 6.09. The van der Waals surface area contributed by atoms with E-state index in [2.05, 4.69) is 26.1 Å². The van der Waals surface area contributed by atoms with Gasteiger partial charge in [0.2, 0.25) is 11.8 Å². The fourth-order valence-electron chi connectivity index (χ4n) is 1.12. The molecule has 1 rings (SSSR count). The Labute approximate surface area is 105 Å². The van der Waals surface area contributed by atoms with Crippen molar-refractivity contribution in [1.82, 2.24) is 20.8 Å². The van der Waals surface area contributed by atoms with E-state index in [1.54, 1.807) is 14.2 Å². The number of hydrogen-bond donors (Lipinski definition) is 3. The van der Waals surface area contributed by atoms with E-state index in [1.807, 2.05) is 6.92 Å². The van der Waals surface area contributed by atoms with Crippen molar-refractivity contribution in [2.75, 3.05) is 39.2 Å². The lowest BCUT2D eigenvalue weighted by Crippen LogP contribution is -2.32. The minimum Gasteiger partial charge on any atom is -0.406 e. The number of hydrogen-bond acceptors (Lipinski definition) is 7. The first kappa shape index (κ1) is 14.4. The molecule has 0 aliphatic heterocycles. The van der Waals surface area contributed by atoms with Crippen molar-refractivity contribution in [1.29, 1.82) is 0 Å². The van der Waals surface area contributed by atoms with Crippen LogP contribution in [-0.2, 0) is 9.53 Å². The van der Waals surface area contributed by atoms with Crippen LogP contribution in [0.4, 0.5) is 6.01 Å². The third-order valence-electron chi connectivity index (χ3n) is 2.27. The molecule has 0 radical (unpaired) electrons. The predicted molar refractivity (Wildman–Crippen MR) is 65.1 cm³/mol. The number of rotatable bonds is 8. The van der Waals surface area contributed by atoms with Crippen molar-refractivity contribution in [2.45, 2.75) is 13.0 Å². The third kappa shape index (κ3) is 4.68. The molecule has 0 spiro atoms. The van der Waals surface area contributed by atoms with E-state index >= 15 is 0 Å². The van der Waals surface area contributed by atoms with Crippen molar-refractivity contribution in [3.8, 4) is 0 Å². The molecule has 102 valence electrons. The van der Waals surface area contributed by atoms with Gasteiger partial charge in [-0.3, -0.25) is 4.79 Å². The summed E-state index contributed by atoms with van der Waals surface area (Å²) in [5.41, 5.74) is 0. The van der Waals surface area contributed by atoms with Crippen molar-refractivity contribution in [3.05, 3.63) is 5.89 Å². The molecule has 3 N–H and O–H groups in total. The van der Waals surface area contributed by atoms with Gasteiger partial charge in [-0.25, -0.2) is 0 Å². The summed E-state index contributed by atoms with van der Waals surface area (Å²) < 4.78 is 10.1. The summed E-state index contributed by atoms with van der Waals surface area (Å²) in [6, 6.07) is 0.206. The number of aromatic nitrogens is 2. The number of nitrogens with one attached hydrogen (secondary N) is 3. The second kappa shape index (κ2) is 7.62. The van der Waals surface area contributed by atoms with Gasteiger partial charge in [-0.2, -0.15) is 0 Å². The summed E-state index contributed by atoms with van der Waals surface area (Å²) in [6.45, 7) is 2.94. The first-order valence-corrected chi connectivity index (χ1v) is 5.67. The van der Waals surface area contributed by atoms with Crippen molar-refractivity contribution in [3.63, 3.8) is 0 Å². The van der Waals surface area contributed by atoms with E-state index in [9.17, 15) is 4.79 Å². The molecular formula is C10H19N5O3. The normalized spacial score (nSPS) is 12.2. The molecule has 0 aliphatic carbocycles. The number of amides is 1. The fourth-order valence-corrected chi connectivity index (χ4v) is 1.12. The van der Waals surface area contributed by atoms with Crippen molar-refractivity contribution in [2.24, 2.45) is 0 Å². The molecule has 1 atom stereocenters. The van der Waals surface area contributed by atoms with Crippen LogP contribution >= 0.6 is 0 Å². The SMILES string of the molecule is CNC(C)c1nnc(NCC(=O)NCCOC)o1. The number of ether oxygens (including phenoxy) is 1. The van der Waals surface area contributed by atoms with Gasteiger partial charge in [-0.15, -0.1) is 5.10 Å². The highest BCUT2D eigenvalue weighted by atomic mass is 16.5. The van der Waals surface area contributed by atoms with Crippen LogP contribution in [0.1, 0.15) is 18.9 Å². The first-order chi connectivity index (χ1) is 8.67. The van der Waals surface area contributed by atoms with E-state index in [0.717, 1.165) is 0 Å². The summed E-state index contributed by atoms with van der Waals surface area (Å²) in [6.07, 6.45) is 0. The Morgan fingerprint density at radius 2 is 2.28 bits per heavy atom. The van der Waals surface area contributed by atoms with Crippen LogP contribution in [0, 0.1) is 0 Å². The lowest BCUT2D eigenvalue weighted by Gasteiger charge is -2.04. The summed E-state index contributed by atoms with van der Waals surface area (Å²) >= 11 is 0. The second-order valence-electron chi connectivity index (χ2n) is 3.65. The van der Waals surface area contributed by atoms with Gasteiger partial charge in [0.25, 0.3) is 0 Å². The number of nitrogens with zero attached hydrogens (tertiary/aromatic N) is 2. The highest BCUT2D eigenvalue weighted by Crippen LogP contribution is 2.12. The lowest BCUT2D eigenvalue weighted by molar-refractivity contribution is -0.119. The molecule has 0 aromatic carbocycles. The van der Waals surface area contributed by atoms with Crippen LogP contribution in [0.25, 0.3) is 0 Å². The zero-order valence-corrected chi connectivity index (χ0v) is 10.8. The summed E-state index contributed by atoms with van der Waals surface area (Å²) in [7, 11) is 3.37. The first-order valence-electron chi connectivity index (χ1n) is 5.67. The summed E-state index contributed by atoms with van der Waals surface area (Å²) in [5.74, 6) is 0.313.